The minimum Gasteiger partial charge on any atom is -0.483 e. The van der Waals surface area contributed by atoms with Crippen LogP contribution in [0.4, 0.5) is 5.69 Å². The molecule has 4 N–H and O–H groups in total. The lowest BCUT2D eigenvalue weighted by Crippen LogP contribution is -2.50. The number of carboxylic acid groups (broad SMARTS) is 1. The summed E-state index contributed by atoms with van der Waals surface area (Å²) in [6.45, 7) is -0.250. The van der Waals surface area contributed by atoms with Gasteiger partial charge in [-0.3, -0.25) is 15.0 Å². The number of hydrogen-bond donors (Lipinski definition) is 3. The minimum absolute atomic E-state index is 0.00752. The number of anilines is 1. The first kappa shape index (κ1) is 18.9. The van der Waals surface area contributed by atoms with Crippen LogP contribution in [-0.4, -0.2) is 65.2 Å². The van der Waals surface area contributed by atoms with Crippen molar-refractivity contribution in [1.29, 1.82) is 5.41 Å². The number of benzene rings is 1. The van der Waals surface area contributed by atoms with Crippen molar-refractivity contribution in [2.75, 3.05) is 19.8 Å². The van der Waals surface area contributed by atoms with E-state index in [1.54, 1.807) is 17.0 Å². The van der Waals surface area contributed by atoms with E-state index in [9.17, 15) is 4.79 Å². The molecule has 3 rings (SSSR count). The van der Waals surface area contributed by atoms with Crippen molar-refractivity contribution in [3.63, 3.8) is 0 Å². The summed E-state index contributed by atoms with van der Waals surface area (Å²) in [5.41, 5.74) is 6.89. The van der Waals surface area contributed by atoms with Crippen LogP contribution in [-0.2, 0) is 9.59 Å². The number of nitrogens with zero attached hydrogens (tertiary/aromatic N) is 2. The van der Waals surface area contributed by atoms with Crippen LogP contribution in [0, 0.1) is 5.41 Å². The number of nitrogens with one attached hydrogen (secondary N) is 1. The number of rotatable bonds is 3. The number of fused-ring (bicyclic) bond motifs is 2. The molecule has 2 aliphatic rings. The third kappa shape index (κ3) is 3.99. The summed E-state index contributed by atoms with van der Waals surface area (Å²) in [4.78, 5) is 25.2. The van der Waals surface area contributed by atoms with Crippen LogP contribution in [0.25, 0.3) is 0 Å². The maximum Gasteiger partial charge on any atom is 0.290 e. The maximum atomic E-state index is 12.6. The standard InChI is InChI=1S/C17H24N4O.CH2O2/c1-20-11-7-8-12(20)10-13(9-11)21(2)17(22)16(19)14-5-3-4-6-15(14)18;2-1-3/h3-6,11-13,19H,7-10,18H2,1-2H3;1H,(H,2,3). The molecule has 1 amide bonds. The molecule has 2 saturated heterocycles. The smallest absolute Gasteiger partial charge is 0.290 e. The van der Waals surface area contributed by atoms with Crippen molar-refractivity contribution in [3.8, 4) is 0 Å². The number of piperidine rings is 1. The average molecular weight is 346 g/mol. The highest BCUT2D eigenvalue weighted by Gasteiger charge is 2.41. The summed E-state index contributed by atoms with van der Waals surface area (Å²) in [5, 5.41) is 15.1. The Morgan fingerprint density at radius 1 is 1.32 bits per heavy atom. The number of hydrogen-bond acceptors (Lipinski definition) is 5. The van der Waals surface area contributed by atoms with E-state index in [4.69, 9.17) is 21.0 Å². The number of amides is 1. The zero-order valence-corrected chi connectivity index (χ0v) is 14.7. The molecule has 2 atom stereocenters. The van der Waals surface area contributed by atoms with Gasteiger partial charge in [-0.15, -0.1) is 0 Å². The summed E-state index contributed by atoms with van der Waals surface area (Å²) in [7, 11) is 4.01. The molecule has 0 radical (unpaired) electrons. The lowest BCUT2D eigenvalue weighted by atomic mass is 9.96. The van der Waals surface area contributed by atoms with Crippen molar-refractivity contribution in [2.45, 2.75) is 43.8 Å². The molecule has 2 heterocycles. The van der Waals surface area contributed by atoms with Gasteiger partial charge in [-0.25, -0.2) is 0 Å². The van der Waals surface area contributed by atoms with Gasteiger partial charge in [0.25, 0.3) is 12.4 Å². The van der Waals surface area contributed by atoms with E-state index in [1.165, 1.54) is 12.8 Å². The van der Waals surface area contributed by atoms with E-state index in [1.807, 2.05) is 19.2 Å². The fourth-order valence-corrected chi connectivity index (χ4v) is 3.88. The Labute approximate surface area is 147 Å². The molecular weight excluding hydrogens is 320 g/mol. The van der Waals surface area contributed by atoms with Crippen molar-refractivity contribution >= 4 is 23.8 Å². The molecule has 2 fully saturated rings. The summed E-state index contributed by atoms with van der Waals surface area (Å²) in [6.07, 6.45) is 4.46. The van der Waals surface area contributed by atoms with Gasteiger partial charge in [0.05, 0.1) is 0 Å². The summed E-state index contributed by atoms with van der Waals surface area (Å²) in [6, 6.07) is 8.48. The van der Waals surface area contributed by atoms with Gasteiger partial charge in [0, 0.05) is 36.4 Å². The van der Waals surface area contributed by atoms with Crippen molar-refractivity contribution < 1.29 is 14.7 Å². The second-order valence-corrected chi connectivity index (χ2v) is 6.66. The number of para-hydroxylation sites is 1. The highest BCUT2D eigenvalue weighted by molar-refractivity contribution is 6.45. The zero-order chi connectivity index (χ0) is 18.6. The second-order valence-electron chi connectivity index (χ2n) is 6.66. The molecule has 7 nitrogen and oxygen atoms in total. The largest absolute Gasteiger partial charge is 0.483 e. The minimum atomic E-state index is -0.250. The SMILES string of the molecule is CN(C(=O)C(=N)c1ccccc1N)C1CC2CCC(C1)N2C.O=CO. The molecule has 2 bridgehead atoms. The molecule has 0 aromatic heterocycles. The molecule has 0 aliphatic carbocycles. The molecule has 136 valence electrons. The Morgan fingerprint density at radius 3 is 2.36 bits per heavy atom. The maximum absolute atomic E-state index is 12.6. The van der Waals surface area contributed by atoms with Gasteiger partial charge in [0.1, 0.15) is 5.71 Å². The van der Waals surface area contributed by atoms with Gasteiger partial charge in [-0.05, 0) is 38.8 Å². The normalized spacial score (nSPS) is 24.8. The Hall–Kier alpha value is -2.41. The van der Waals surface area contributed by atoms with Crippen LogP contribution in [0.2, 0.25) is 0 Å². The fraction of sp³-hybridized carbons (Fsp3) is 0.500. The molecule has 1 aromatic carbocycles. The summed E-state index contributed by atoms with van der Waals surface area (Å²) in [5.74, 6) is -0.230. The lowest BCUT2D eigenvalue weighted by molar-refractivity contribution is -0.126. The Morgan fingerprint density at radius 2 is 1.84 bits per heavy atom. The Bertz CT molecular complexity index is 635. The molecular formula is C18H26N4O3. The highest BCUT2D eigenvalue weighted by Crippen LogP contribution is 2.36. The number of nitrogen functional groups attached to an aromatic ring is 1. The van der Waals surface area contributed by atoms with Crippen LogP contribution in [0.15, 0.2) is 24.3 Å². The monoisotopic (exact) mass is 346 g/mol. The van der Waals surface area contributed by atoms with E-state index in [0.717, 1.165) is 12.8 Å². The predicted molar refractivity (Wildman–Crippen MR) is 96.7 cm³/mol. The van der Waals surface area contributed by atoms with Gasteiger partial charge in [0.2, 0.25) is 0 Å². The van der Waals surface area contributed by atoms with Gasteiger partial charge in [0.15, 0.2) is 0 Å². The van der Waals surface area contributed by atoms with E-state index < -0.39 is 0 Å². The van der Waals surface area contributed by atoms with Crippen LogP contribution in [0.1, 0.15) is 31.2 Å². The quantitative estimate of drug-likeness (QED) is 0.435. The molecule has 1 aromatic rings. The topological polar surface area (TPSA) is 111 Å². The number of carbonyl (C=O) groups is 2. The van der Waals surface area contributed by atoms with Crippen LogP contribution >= 0.6 is 0 Å². The fourth-order valence-electron chi connectivity index (χ4n) is 3.88. The highest BCUT2D eigenvalue weighted by atomic mass is 16.3. The molecule has 7 heteroatoms. The number of likely N-dealkylation sites (N-methyl/N-ethyl adjacent to an activating group) is 1. The molecule has 2 aliphatic heterocycles. The van der Waals surface area contributed by atoms with Crippen LogP contribution < -0.4 is 5.73 Å². The number of carbonyl (C=O) groups excluding carboxylic acids is 1. The van der Waals surface area contributed by atoms with Crippen molar-refractivity contribution in [2.24, 2.45) is 0 Å². The van der Waals surface area contributed by atoms with Crippen LogP contribution in [0.3, 0.4) is 0 Å². The summed E-state index contributed by atoms with van der Waals surface area (Å²) >= 11 is 0. The second kappa shape index (κ2) is 8.11. The van der Waals surface area contributed by atoms with E-state index in [-0.39, 0.29) is 24.1 Å². The molecule has 25 heavy (non-hydrogen) atoms. The first-order valence-corrected chi connectivity index (χ1v) is 8.41. The predicted octanol–water partition coefficient (Wildman–Crippen LogP) is 1.42. The Kier molecular flexibility index (Phi) is 6.14. The third-order valence-corrected chi connectivity index (χ3v) is 5.39. The average Bonchev–Trinajstić information content (AvgIpc) is 2.82. The van der Waals surface area contributed by atoms with Crippen LogP contribution in [0.5, 0.6) is 0 Å². The lowest BCUT2D eigenvalue weighted by Gasteiger charge is -2.40. The van der Waals surface area contributed by atoms with Gasteiger partial charge < -0.3 is 20.6 Å². The Balaban J connectivity index is 0.000000701. The number of nitrogens with two attached hydrogens (primary N) is 1. The van der Waals surface area contributed by atoms with E-state index >= 15 is 0 Å². The molecule has 0 saturated carbocycles. The van der Waals surface area contributed by atoms with Gasteiger partial charge in [-0.2, -0.15) is 0 Å². The zero-order valence-electron chi connectivity index (χ0n) is 14.7. The van der Waals surface area contributed by atoms with Crippen molar-refractivity contribution in [3.05, 3.63) is 29.8 Å². The molecule has 2 unspecified atom stereocenters. The van der Waals surface area contributed by atoms with E-state index in [0.29, 0.717) is 23.3 Å². The van der Waals surface area contributed by atoms with E-state index in [2.05, 4.69) is 11.9 Å². The van der Waals surface area contributed by atoms with Gasteiger partial charge >= 0.3 is 0 Å². The summed E-state index contributed by atoms with van der Waals surface area (Å²) < 4.78 is 0. The third-order valence-electron chi connectivity index (χ3n) is 5.39. The molecule has 0 spiro atoms. The van der Waals surface area contributed by atoms with Crippen molar-refractivity contribution in [1.82, 2.24) is 9.80 Å². The first-order chi connectivity index (χ1) is 11.9. The first-order valence-electron chi connectivity index (χ1n) is 8.41. The van der Waals surface area contributed by atoms with Gasteiger partial charge in [-0.1, -0.05) is 18.2 Å².